The van der Waals surface area contributed by atoms with Gasteiger partial charge in [-0.3, -0.25) is 0 Å². The van der Waals surface area contributed by atoms with E-state index in [0.717, 1.165) is 70.4 Å². The van der Waals surface area contributed by atoms with Crippen LogP contribution in [-0.2, 0) is 12.8 Å². The number of aryl methyl sites for hydroxylation is 2. The molecule has 6 aromatic carbocycles. The topological polar surface area (TPSA) is 260 Å². The molecule has 3 aliphatic heterocycles. The predicted molar refractivity (Wildman–Crippen MR) is 363 cm³/mol. The van der Waals surface area contributed by atoms with Crippen LogP contribution in [-0.4, -0.2) is 99.6 Å². The number of benzene rings is 6. The van der Waals surface area contributed by atoms with E-state index in [2.05, 4.69) is 61.1 Å². The summed E-state index contributed by atoms with van der Waals surface area (Å²) in [6.07, 6.45) is 6.23. The number of nitrogens with one attached hydrogen (secondary N) is 7. The number of halogens is 1. The van der Waals surface area contributed by atoms with Gasteiger partial charge in [-0.1, -0.05) is 53.9 Å². The van der Waals surface area contributed by atoms with Crippen LogP contribution in [0, 0.1) is 13.8 Å². The number of ether oxygens (including phenoxy) is 3. The van der Waals surface area contributed by atoms with Crippen molar-refractivity contribution in [3.8, 4) is 17.2 Å². The number of rotatable bonds is 18. The summed E-state index contributed by atoms with van der Waals surface area (Å²) in [6.45, 7) is 8.11. The first-order chi connectivity index (χ1) is 45.0. The standard InChI is InChI=1S/C71H74ClN9O12/c1-41-13-18-49(19-14-41)75-71(87)78-58-39-53-44(37-61(42(2)63(53)91-67(58)83)89-51-23-29-80(3)30-24-51)35-56-62(90-52-25-31-81(4)32-26-52)38-45(54-40-59(68(84)93-65(54)56)79-69(85)74-48-11-6-5-7-12-48)34-55-60(88-33-27-47-10-8-9-28-73-47)22-15-43-36-57(66(82)92-64(43)55)77-70(86)76-50-20-16-46(72)17-21-50/h5-7,11-22,36-40,47,51-52,73H,8-10,23-35H2,1-4H3,(H2,74,79,85)(H2,75,78,87)(H2,76,77,86). The molecule has 3 aromatic heterocycles. The van der Waals surface area contributed by atoms with Gasteiger partial charge in [0.05, 0.1) is 6.61 Å². The fourth-order valence-electron chi connectivity index (χ4n) is 12.3. The number of amides is 6. The number of anilines is 6. The van der Waals surface area contributed by atoms with E-state index in [1.54, 1.807) is 91.0 Å². The lowest BCUT2D eigenvalue weighted by Gasteiger charge is -2.31. The SMILES string of the molecule is Cc1ccc(NC(=O)Nc2cc3c(Cc4c(OC5CCN(C)CC5)cc(Cc5c(OCCC6CCCCN6)ccc6cc(NC(=O)Nc7ccc(Cl)cc7)c(=O)oc56)c5cc(NC(=O)Nc6ccccc6)c(=O)oc45)cc(OC4CCN(C)CC4)c(C)c3oc2=O)cc1. The van der Waals surface area contributed by atoms with E-state index in [1.165, 1.54) is 0 Å². The van der Waals surface area contributed by atoms with Crippen molar-refractivity contribution in [2.45, 2.75) is 96.3 Å². The molecule has 22 heteroatoms. The average Bonchev–Trinajstić information content (AvgIpc) is 0.793. The number of likely N-dealkylation sites (tertiary alicyclic amines) is 2. The minimum atomic E-state index is -0.872. The number of nitrogens with zero attached hydrogens (tertiary/aromatic N) is 2. The first kappa shape index (κ1) is 63.5. The van der Waals surface area contributed by atoms with Gasteiger partial charge in [-0.25, -0.2) is 28.8 Å². The van der Waals surface area contributed by atoms with Gasteiger partial charge in [-0.15, -0.1) is 0 Å². The molecule has 1 atom stereocenters. The lowest BCUT2D eigenvalue weighted by Crippen LogP contribution is -2.35. The third-order valence-corrected chi connectivity index (χ3v) is 17.7. The Morgan fingerprint density at radius 3 is 1.60 bits per heavy atom. The molecule has 0 radical (unpaired) electrons. The van der Waals surface area contributed by atoms with E-state index >= 15 is 0 Å². The maximum absolute atomic E-state index is 14.8. The molecule has 0 bridgehead atoms. The summed E-state index contributed by atoms with van der Waals surface area (Å²) >= 11 is 6.10. The molecular formula is C71H74ClN9O12. The molecule has 93 heavy (non-hydrogen) atoms. The summed E-state index contributed by atoms with van der Waals surface area (Å²) in [5.41, 5.74) is 2.59. The van der Waals surface area contributed by atoms with Gasteiger partial charge in [-0.2, -0.15) is 0 Å². The van der Waals surface area contributed by atoms with Crippen LogP contribution in [0.1, 0.15) is 84.7 Å². The minimum Gasteiger partial charge on any atom is -0.493 e. The third kappa shape index (κ3) is 15.5. The van der Waals surface area contributed by atoms with Crippen molar-refractivity contribution >= 4 is 96.7 Å². The fraction of sp³-hybridized carbons (Fsp3) is 0.324. The molecule has 7 N–H and O–H groups in total. The van der Waals surface area contributed by atoms with Gasteiger partial charge in [0.15, 0.2) is 0 Å². The molecule has 482 valence electrons. The highest BCUT2D eigenvalue weighted by Crippen LogP contribution is 2.42. The van der Waals surface area contributed by atoms with Crippen LogP contribution >= 0.6 is 11.6 Å². The smallest absolute Gasteiger partial charge is 0.360 e. The van der Waals surface area contributed by atoms with Crippen molar-refractivity contribution in [1.82, 2.24) is 15.1 Å². The molecule has 9 aromatic rings. The summed E-state index contributed by atoms with van der Waals surface area (Å²) in [4.78, 5) is 88.5. The molecular weight excluding hydrogens is 1210 g/mol. The quantitative estimate of drug-likeness (QED) is 0.0394. The van der Waals surface area contributed by atoms with Crippen molar-refractivity contribution < 1.29 is 41.8 Å². The zero-order valence-corrected chi connectivity index (χ0v) is 53.0. The number of fused-ring (bicyclic) bond motifs is 3. The highest BCUT2D eigenvalue weighted by Gasteiger charge is 2.29. The van der Waals surface area contributed by atoms with Crippen molar-refractivity contribution in [1.29, 1.82) is 0 Å². The highest BCUT2D eigenvalue weighted by atomic mass is 35.5. The van der Waals surface area contributed by atoms with E-state index in [9.17, 15) is 28.8 Å². The van der Waals surface area contributed by atoms with Crippen molar-refractivity contribution in [2.75, 3.05) is 85.3 Å². The fourth-order valence-corrected chi connectivity index (χ4v) is 12.4. The average molecular weight is 1280 g/mol. The third-order valence-electron chi connectivity index (χ3n) is 17.4. The molecule has 6 heterocycles. The second-order valence-corrected chi connectivity index (χ2v) is 24.8. The van der Waals surface area contributed by atoms with Crippen LogP contribution in [0.25, 0.3) is 32.9 Å². The summed E-state index contributed by atoms with van der Waals surface area (Å²) < 4.78 is 39.8. The van der Waals surface area contributed by atoms with Gasteiger partial charge in [-0.05, 0) is 182 Å². The molecule has 21 nitrogen and oxygen atoms in total. The summed E-state index contributed by atoms with van der Waals surface area (Å²) in [6, 6.07) is 32.8. The van der Waals surface area contributed by atoms with Crippen LogP contribution in [0.3, 0.4) is 0 Å². The van der Waals surface area contributed by atoms with Gasteiger partial charge in [0.2, 0.25) is 0 Å². The van der Waals surface area contributed by atoms with Crippen LogP contribution in [0.4, 0.5) is 48.5 Å². The molecule has 1 unspecified atom stereocenters. The molecule has 3 fully saturated rings. The van der Waals surface area contributed by atoms with Gasteiger partial charge in [0, 0.05) is 100.0 Å². The minimum absolute atomic E-state index is 0.0136. The Balaban J connectivity index is 1.02. The maximum atomic E-state index is 14.8. The second-order valence-electron chi connectivity index (χ2n) is 24.3. The van der Waals surface area contributed by atoms with Crippen LogP contribution in [0.2, 0.25) is 5.02 Å². The Morgan fingerprint density at radius 2 is 1.03 bits per heavy atom. The monoisotopic (exact) mass is 1280 g/mol. The van der Waals surface area contributed by atoms with Gasteiger partial charge in [0.1, 0.15) is 63.3 Å². The second kappa shape index (κ2) is 28.5. The molecule has 12 rings (SSSR count). The number of urea groups is 3. The molecule has 3 aliphatic rings. The number of carbonyl (C=O) groups excluding carboxylic acids is 3. The number of carbonyl (C=O) groups is 3. The Bertz CT molecular complexity index is 4420. The zero-order valence-electron chi connectivity index (χ0n) is 52.3. The van der Waals surface area contributed by atoms with Crippen LogP contribution in [0.5, 0.6) is 17.2 Å². The molecule has 0 saturated carbocycles. The van der Waals surface area contributed by atoms with E-state index in [1.807, 2.05) is 44.2 Å². The largest absolute Gasteiger partial charge is 0.493 e. The molecule has 0 aliphatic carbocycles. The Labute approximate surface area is 541 Å². The lowest BCUT2D eigenvalue weighted by molar-refractivity contribution is 0.113. The summed E-state index contributed by atoms with van der Waals surface area (Å²) in [7, 11) is 4.13. The van der Waals surface area contributed by atoms with E-state index < -0.39 is 35.0 Å². The van der Waals surface area contributed by atoms with Crippen molar-refractivity contribution in [3.05, 3.63) is 191 Å². The zero-order chi connectivity index (χ0) is 64.7. The lowest BCUT2D eigenvalue weighted by atomic mass is 9.92. The summed E-state index contributed by atoms with van der Waals surface area (Å²) in [5, 5.41) is 21.8. The number of piperidine rings is 3. The summed E-state index contributed by atoms with van der Waals surface area (Å²) in [5.74, 6) is 1.26. The normalized spacial score (nSPS) is 15.8. The van der Waals surface area contributed by atoms with Crippen LogP contribution < -0.4 is 68.3 Å². The van der Waals surface area contributed by atoms with E-state index in [-0.39, 0.29) is 64.9 Å². The number of para-hydroxylation sites is 1. The van der Waals surface area contributed by atoms with Crippen molar-refractivity contribution in [3.63, 3.8) is 0 Å². The van der Waals surface area contributed by atoms with E-state index in [4.69, 9.17) is 39.1 Å². The Hall–Kier alpha value is -9.67. The molecule has 3 saturated heterocycles. The Morgan fingerprint density at radius 1 is 0.538 bits per heavy atom. The van der Waals surface area contributed by atoms with Crippen LogP contribution in [0.15, 0.2) is 149 Å². The van der Waals surface area contributed by atoms with E-state index in [0.29, 0.717) is 109 Å². The first-order valence-corrected chi connectivity index (χ1v) is 31.9. The molecule has 6 amide bonds. The molecule has 0 spiro atoms. The number of hydrogen-bond acceptors (Lipinski definition) is 15. The van der Waals surface area contributed by atoms with Crippen molar-refractivity contribution in [2.24, 2.45) is 0 Å². The predicted octanol–water partition coefficient (Wildman–Crippen LogP) is 13.2. The highest BCUT2D eigenvalue weighted by molar-refractivity contribution is 6.30. The number of hydrogen-bond donors (Lipinski definition) is 7. The maximum Gasteiger partial charge on any atom is 0.360 e. The van der Waals surface area contributed by atoms with Gasteiger partial charge < -0.3 is 74.5 Å². The van der Waals surface area contributed by atoms with Gasteiger partial charge in [0.25, 0.3) is 0 Å². The first-order valence-electron chi connectivity index (χ1n) is 31.5. The van der Waals surface area contributed by atoms with Gasteiger partial charge >= 0.3 is 35.0 Å². The Kier molecular flexibility index (Phi) is 19.4.